The molecule has 3 heterocycles. The van der Waals surface area contributed by atoms with Crippen molar-refractivity contribution in [3.63, 3.8) is 0 Å². The average molecular weight is 537 g/mol. The van der Waals surface area contributed by atoms with Crippen molar-refractivity contribution in [3.8, 4) is 11.5 Å². The number of rotatable bonds is 5. The highest BCUT2D eigenvalue weighted by molar-refractivity contribution is 6.17. The molecular formula is C33H32N2O5. The molecule has 3 aromatic rings. The summed E-state index contributed by atoms with van der Waals surface area (Å²) in [7, 11) is 3.15. The lowest BCUT2D eigenvalue weighted by atomic mass is 9.63. The molecule has 0 unspecified atom stereocenters. The minimum Gasteiger partial charge on any atom is -0.497 e. The Hall–Kier alpha value is -4.39. The molecular weight excluding hydrogens is 504 g/mol. The van der Waals surface area contributed by atoms with Gasteiger partial charge in [0.05, 0.1) is 26.2 Å². The number of nitrogens with one attached hydrogen (secondary N) is 1. The number of nitrogens with zero attached hydrogens (tertiary/aromatic N) is 1. The lowest BCUT2D eigenvalue weighted by Crippen LogP contribution is -2.51. The minimum atomic E-state index is -1.34. The van der Waals surface area contributed by atoms with Crippen molar-refractivity contribution in [2.24, 2.45) is 11.3 Å². The van der Waals surface area contributed by atoms with Gasteiger partial charge in [-0.25, -0.2) is 0 Å². The van der Waals surface area contributed by atoms with Crippen molar-refractivity contribution in [2.75, 3.05) is 24.4 Å². The molecule has 1 amide bonds. The molecule has 0 radical (unpaired) electrons. The van der Waals surface area contributed by atoms with Crippen LogP contribution in [0.2, 0.25) is 0 Å². The molecule has 0 aromatic heterocycles. The Morgan fingerprint density at radius 1 is 0.925 bits per heavy atom. The second-order valence-electron chi connectivity index (χ2n) is 11.6. The summed E-state index contributed by atoms with van der Waals surface area (Å²) in [6, 6.07) is 18.6. The third kappa shape index (κ3) is 3.53. The highest BCUT2D eigenvalue weighted by atomic mass is 16.5. The Kier molecular flexibility index (Phi) is 5.87. The molecule has 0 bridgehead atoms. The second-order valence-corrected chi connectivity index (χ2v) is 11.6. The summed E-state index contributed by atoms with van der Waals surface area (Å²) in [6.07, 6.45) is 3.93. The summed E-state index contributed by atoms with van der Waals surface area (Å²) in [5.74, 6) is -0.449. The fourth-order valence-corrected chi connectivity index (χ4v) is 6.68. The Bertz CT molecular complexity index is 1590. The summed E-state index contributed by atoms with van der Waals surface area (Å²) in [5.41, 5.74) is 1.31. The molecule has 1 fully saturated rings. The van der Waals surface area contributed by atoms with Gasteiger partial charge < -0.3 is 19.7 Å². The highest BCUT2D eigenvalue weighted by Crippen LogP contribution is 2.58. The predicted molar refractivity (Wildman–Crippen MR) is 154 cm³/mol. The Morgan fingerprint density at radius 2 is 1.65 bits per heavy atom. The normalized spacial score (nSPS) is 24.3. The van der Waals surface area contributed by atoms with E-state index < -0.39 is 28.8 Å². The zero-order valence-electron chi connectivity index (χ0n) is 23.2. The molecule has 1 spiro atoms. The third-order valence-corrected chi connectivity index (χ3v) is 8.48. The van der Waals surface area contributed by atoms with Crippen molar-refractivity contribution < 1.29 is 23.9 Å². The van der Waals surface area contributed by atoms with Crippen molar-refractivity contribution in [3.05, 3.63) is 89.5 Å². The number of anilines is 2. The first-order valence-electron chi connectivity index (χ1n) is 13.4. The Balaban J connectivity index is 1.67. The first-order chi connectivity index (χ1) is 19.1. The van der Waals surface area contributed by atoms with Crippen LogP contribution in [0.3, 0.4) is 0 Å². The average Bonchev–Trinajstić information content (AvgIpc) is 3.43. The third-order valence-electron chi connectivity index (χ3n) is 8.48. The van der Waals surface area contributed by atoms with Gasteiger partial charge >= 0.3 is 0 Å². The molecule has 4 atom stereocenters. The number of carbonyl (C=O) groups excluding carboxylic acids is 3. The fourth-order valence-electron chi connectivity index (χ4n) is 6.68. The van der Waals surface area contributed by atoms with Crippen LogP contribution in [0.5, 0.6) is 11.5 Å². The van der Waals surface area contributed by atoms with Gasteiger partial charge in [-0.2, -0.15) is 0 Å². The summed E-state index contributed by atoms with van der Waals surface area (Å²) < 4.78 is 10.9. The van der Waals surface area contributed by atoms with Gasteiger partial charge in [0.1, 0.15) is 23.0 Å². The van der Waals surface area contributed by atoms with Crippen LogP contribution in [-0.2, 0) is 15.0 Å². The quantitative estimate of drug-likeness (QED) is 0.446. The van der Waals surface area contributed by atoms with Crippen LogP contribution in [0, 0.1) is 11.3 Å². The molecule has 3 aliphatic heterocycles. The number of ketones is 2. The number of para-hydroxylation sites is 1. The Morgan fingerprint density at radius 3 is 2.38 bits per heavy atom. The second kappa shape index (κ2) is 9.08. The van der Waals surface area contributed by atoms with Crippen molar-refractivity contribution >= 4 is 34.9 Å². The highest BCUT2D eigenvalue weighted by Gasteiger charge is 2.70. The fraction of sp³-hybridized carbons (Fsp3) is 0.303. The van der Waals surface area contributed by atoms with E-state index in [0.717, 1.165) is 16.8 Å². The molecule has 0 saturated carbocycles. The summed E-state index contributed by atoms with van der Waals surface area (Å²) in [5, 5.41) is 3.05. The van der Waals surface area contributed by atoms with Gasteiger partial charge in [-0.15, -0.1) is 0 Å². The molecule has 7 nitrogen and oxygen atoms in total. The molecule has 204 valence electrons. The van der Waals surface area contributed by atoms with E-state index in [9.17, 15) is 14.4 Å². The lowest BCUT2D eigenvalue weighted by molar-refractivity contribution is -0.128. The van der Waals surface area contributed by atoms with Crippen LogP contribution in [-0.4, -0.2) is 43.8 Å². The number of Topliss-reactive ketones (excluding diaryl/α,β-unsaturated/α-hetero) is 2. The number of hydrogen-bond donors (Lipinski definition) is 1. The molecule has 1 N–H and O–H groups in total. The SMILES string of the molecule is COc1cccc(C(=O)[C@@H]2[C@@H](C(=O)C(C)(C)C)N3c4ccc(OC)cc4C=C[C@@H]3[C@@]23C(=O)Nc2ccccc23)c1. The first kappa shape index (κ1) is 25.9. The maximum Gasteiger partial charge on any atom is 0.238 e. The van der Waals surface area contributed by atoms with Gasteiger partial charge in [0.25, 0.3) is 0 Å². The number of carbonyl (C=O) groups is 3. The van der Waals surface area contributed by atoms with Crippen LogP contribution in [0.1, 0.15) is 42.3 Å². The van der Waals surface area contributed by atoms with E-state index in [1.807, 2.05) is 80.3 Å². The van der Waals surface area contributed by atoms with Crippen molar-refractivity contribution in [1.29, 1.82) is 0 Å². The van der Waals surface area contributed by atoms with Crippen LogP contribution in [0.15, 0.2) is 72.8 Å². The maximum atomic E-state index is 14.8. The molecule has 3 aliphatic rings. The van der Waals surface area contributed by atoms with Crippen molar-refractivity contribution in [1.82, 2.24) is 0 Å². The summed E-state index contributed by atoms with van der Waals surface area (Å²) >= 11 is 0. The predicted octanol–water partition coefficient (Wildman–Crippen LogP) is 5.29. The number of methoxy groups -OCH3 is 2. The Labute approximate surface area is 233 Å². The number of ether oxygens (including phenoxy) is 2. The van der Waals surface area contributed by atoms with Crippen LogP contribution >= 0.6 is 0 Å². The van der Waals surface area contributed by atoms with Crippen molar-refractivity contribution in [2.45, 2.75) is 38.3 Å². The van der Waals surface area contributed by atoms with Gasteiger partial charge in [-0.05, 0) is 42.0 Å². The number of benzene rings is 3. The molecule has 3 aromatic carbocycles. The monoisotopic (exact) mass is 536 g/mol. The smallest absolute Gasteiger partial charge is 0.238 e. The van der Waals surface area contributed by atoms with E-state index in [4.69, 9.17) is 9.47 Å². The number of hydrogen-bond acceptors (Lipinski definition) is 6. The van der Waals surface area contributed by atoms with E-state index in [0.29, 0.717) is 22.7 Å². The minimum absolute atomic E-state index is 0.107. The van der Waals surface area contributed by atoms with Gasteiger partial charge in [-0.3, -0.25) is 14.4 Å². The maximum absolute atomic E-state index is 14.8. The van der Waals surface area contributed by atoms with Gasteiger partial charge in [-0.1, -0.05) is 63.3 Å². The van der Waals surface area contributed by atoms with E-state index in [1.165, 1.54) is 0 Å². The van der Waals surface area contributed by atoms with Gasteiger partial charge in [0.15, 0.2) is 11.6 Å². The summed E-state index contributed by atoms with van der Waals surface area (Å²) in [4.78, 5) is 45.6. The molecule has 40 heavy (non-hydrogen) atoms. The largest absolute Gasteiger partial charge is 0.497 e. The van der Waals surface area contributed by atoms with Crippen LogP contribution < -0.4 is 19.7 Å². The summed E-state index contributed by atoms with van der Waals surface area (Å²) in [6.45, 7) is 5.58. The van der Waals surface area contributed by atoms with Gasteiger partial charge in [0, 0.05) is 27.9 Å². The van der Waals surface area contributed by atoms with Gasteiger partial charge in [0.2, 0.25) is 5.91 Å². The van der Waals surface area contributed by atoms with E-state index in [2.05, 4.69) is 5.32 Å². The van der Waals surface area contributed by atoms with Crippen LogP contribution in [0.4, 0.5) is 11.4 Å². The molecule has 7 heteroatoms. The molecule has 6 rings (SSSR count). The van der Waals surface area contributed by atoms with E-state index in [-0.39, 0.29) is 17.5 Å². The standard InChI is InChI=1S/C33H32N2O5/c1-32(2,3)30(37)28-27(29(36)20-9-8-10-21(18-20)39-4)33(23-11-6-7-12-24(23)34-31(33)38)26-16-13-19-17-22(40-5)14-15-25(19)35(26)28/h6-18,26-28H,1-5H3,(H,34,38)/t26-,27+,28+,33-/m1/s1. The zero-order valence-corrected chi connectivity index (χ0v) is 23.2. The molecule has 0 aliphatic carbocycles. The molecule has 1 saturated heterocycles. The van der Waals surface area contributed by atoms with E-state index >= 15 is 0 Å². The van der Waals surface area contributed by atoms with Crippen LogP contribution in [0.25, 0.3) is 6.08 Å². The number of fused-ring (bicyclic) bond motifs is 6. The number of amides is 1. The lowest BCUT2D eigenvalue weighted by Gasteiger charge is -2.38. The van der Waals surface area contributed by atoms with E-state index in [1.54, 1.807) is 38.5 Å². The topological polar surface area (TPSA) is 84.9 Å². The first-order valence-corrected chi connectivity index (χ1v) is 13.4. The zero-order chi connectivity index (χ0) is 28.4.